The van der Waals surface area contributed by atoms with Gasteiger partial charge in [0.25, 0.3) is 0 Å². The van der Waals surface area contributed by atoms with Gasteiger partial charge in [-0.1, -0.05) is 42.5 Å². The van der Waals surface area contributed by atoms with E-state index < -0.39 is 0 Å². The smallest absolute Gasteiger partial charge is 0.00183 e. The topological polar surface area (TPSA) is 0 Å². The Balaban J connectivity index is 2.38. The Bertz CT molecular complexity index is 245. The molecule has 0 aromatic rings. The van der Waals surface area contributed by atoms with Gasteiger partial charge in [-0.25, -0.2) is 0 Å². The zero-order valence-electron chi connectivity index (χ0n) is 8.53. The van der Waals surface area contributed by atoms with Gasteiger partial charge in [0.2, 0.25) is 0 Å². The average molecular weight is 174 g/mol. The van der Waals surface area contributed by atoms with E-state index in [0.29, 0.717) is 0 Å². The van der Waals surface area contributed by atoms with Gasteiger partial charge in [0.15, 0.2) is 0 Å². The quantitative estimate of drug-likeness (QED) is 0.436. The van der Waals surface area contributed by atoms with Gasteiger partial charge >= 0.3 is 0 Å². The van der Waals surface area contributed by atoms with Crippen LogP contribution in [0.5, 0.6) is 0 Å². The second-order valence-corrected chi connectivity index (χ2v) is 3.34. The molecule has 70 valence electrons. The Morgan fingerprint density at radius 1 is 1.23 bits per heavy atom. The van der Waals surface area contributed by atoms with Crippen molar-refractivity contribution in [3.05, 3.63) is 48.1 Å². The maximum absolute atomic E-state index is 2.34. The summed E-state index contributed by atoms with van der Waals surface area (Å²) in [7, 11) is 0. The molecule has 0 radical (unpaired) electrons. The molecule has 0 spiro atoms. The van der Waals surface area contributed by atoms with Crippen LogP contribution in [0.4, 0.5) is 0 Å². The minimum absolute atomic E-state index is 0.755. The van der Waals surface area contributed by atoms with Crippen LogP contribution in [-0.2, 0) is 0 Å². The van der Waals surface area contributed by atoms with Crippen molar-refractivity contribution in [2.24, 2.45) is 5.92 Å². The van der Waals surface area contributed by atoms with Gasteiger partial charge < -0.3 is 0 Å². The van der Waals surface area contributed by atoms with Crippen molar-refractivity contribution in [2.75, 3.05) is 0 Å². The maximum Gasteiger partial charge on any atom is -0.00183 e. The average Bonchev–Trinajstić information content (AvgIpc) is 2.93. The van der Waals surface area contributed by atoms with Crippen molar-refractivity contribution in [1.82, 2.24) is 0 Å². The first-order chi connectivity index (χ1) is 6.36. The van der Waals surface area contributed by atoms with E-state index in [-0.39, 0.29) is 0 Å². The first-order valence-electron chi connectivity index (χ1n) is 4.98. The lowest BCUT2D eigenvalue weighted by Crippen LogP contribution is -1.79. The zero-order chi connectivity index (χ0) is 9.52. The molecule has 13 heavy (non-hydrogen) atoms. The van der Waals surface area contributed by atoms with Crippen LogP contribution in [0.3, 0.4) is 0 Å². The van der Waals surface area contributed by atoms with E-state index in [1.807, 2.05) is 0 Å². The van der Waals surface area contributed by atoms with E-state index >= 15 is 0 Å². The van der Waals surface area contributed by atoms with Crippen LogP contribution in [0, 0.1) is 5.92 Å². The molecule has 1 aliphatic carbocycles. The van der Waals surface area contributed by atoms with E-state index in [4.69, 9.17) is 0 Å². The molecule has 0 fully saturated rings. The summed E-state index contributed by atoms with van der Waals surface area (Å²) in [6, 6.07) is 0. The van der Waals surface area contributed by atoms with Crippen LogP contribution in [0.2, 0.25) is 0 Å². The highest BCUT2D eigenvalue weighted by Gasteiger charge is 2.07. The van der Waals surface area contributed by atoms with Gasteiger partial charge in [-0.2, -0.15) is 0 Å². The Morgan fingerprint density at radius 2 is 2.00 bits per heavy atom. The fraction of sp³-hybridized carbons (Fsp3) is 0.385. The number of rotatable bonds is 5. The highest BCUT2D eigenvalue weighted by molar-refractivity contribution is 5.24. The molecule has 0 heterocycles. The van der Waals surface area contributed by atoms with E-state index in [1.54, 1.807) is 0 Å². The summed E-state index contributed by atoms with van der Waals surface area (Å²) < 4.78 is 0. The van der Waals surface area contributed by atoms with Gasteiger partial charge in [0.1, 0.15) is 0 Å². The zero-order valence-corrected chi connectivity index (χ0v) is 8.53. The molecule has 0 heteroatoms. The summed E-state index contributed by atoms with van der Waals surface area (Å²) in [5.41, 5.74) is 1.43. The molecule has 0 aromatic carbocycles. The molecular weight excluding hydrogens is 156 g/mol. The molecule has 0 N–H and O–H groups in total. The fourth-order valence-electron chi connectivity index (χ4n) is 1.21. The lowest BCUT2D eigenvalue weighted by Gasteiger charge is -1.97. The Hall–Kier alpha value is -1.04. The van der Waals surface area contributed by atoms with Gasteiger partial charge in [0, 0.05) is 0 Å². The molecule has 0 bridgehead atoms. The summed E-state index contributed by atoms with van der Waals surface area (Å²) >= 11 is 0. The molecule has 0 aliphatic heterocycles. The van der Waals surface area contributed by atoms with E-state index in [9.17, 15) is 0 Å². The third kappa shape index (κ3) is 4.51. The maximum atomic E-state index is 2.34. The van der Waals surface area contributed by atoms with Crippen molar-refractivity contribution < 1.29 is 0 Å². The SMILES string of the molecule is CC=CCC(C=CC)=CCC1C=C1. The third-order valence-electron chi connectivity index (χ3n) is 2.09. The van der Waals surface area contributed by atoms with Crippen LogP contribution in [-0.4, -0.2) is 0 Å². The minimum atomic E-state index is 0.755. The minimum Gasteiger partial charge on any atom is -0.0913 e. The summed E-state index contributed by atoms with van der Waals surface area (Å²) in [5, 5.41) is 0. The summed E-state index contributed by atoms with van der Waals surface area (Å²) in [5.74, 6) is 0.755. The molecule has 0 atom stereocenters. The molecule has 1 aliphatic rings. The predicted molar refractivity (Wildman–Crippen MR) is 59.6 cm³/mol. The molecule has 0 nitrogen and oxygen atoms in total. The second kappa shape index (κ2) is 5.58. The molecule has 0 amide bonds. The van der Waals surface area contributed by atoms with Gasteiger partial charge in [-0.3, -0.25) is 0 Å². The number of hydrogen-bond acceptors (Lipinski definition) is 0. The van der Waals surface area contributed by atoms with Crippen LogP contribution in [0.15, 0.2) is 48.1 Å². The predicted octanol–water partition coefficient (Wildman–Crippen LogP) is 4.03. The van der Waals surface area contributed by atoms with Crippen molar-refractivity contribution in [2.45, 2.75) is 26.7 Å². The van der Waals surface area contributed by atoms with Crippen molar-refractivity contribution in [3.8, 4) is 0 Å². The fourth-order valence-corrected chi connectivity index (χ4v) is 1.21. The van der Waals surface area contributed by atoms with Gasteiger partial charge in [-0.15, -0.1) is 0 Å². The lowest BCUT2D eigenvalue weighted by atomic mass is 10.1. The van der Waals surface area contributed by atoms with Gasteiger partial charge in [-0.05, 0) is 38.2 Å². The molecule has 0 saturated heterocycles. The summed E-state index contributed by atoms with van der Waals surface area (Å²) in [6.45, 7) is 4.13. The molecule has 0 unspecified atom stereocenters. The van der Waals surface area contributed by atoms with E-state index in [0.717, 1.165) is 12.3 Å². The summed E-state index contributed by atoms with van der Waals surface area (Å²) in [6.07, 6.45) is 17.7. The highest BCUT2D eigenvalue weighted by Crippen LogP contribution is 2.22. The lowest BCUT2D eigenvalue weighted by molar-refractivity contribution is 0.931. The van der Waals surface area contributed by atoms with Crippen LogP contribution in [0.25, 0.3) is 0 Å². The molecule has 0 saturated carbocycles. The molecular formula is C13H18. The number of hydrogen-bond donors (Lipinski definition) is 0. The van der Waals surface area contributed by atoms with Gasteiger partial charge in [0.05, 0.1) is 0 Å². The first-order valence-corrected chi connectivity index (χ1v) is 4.98. The van der Waals surface area contributed by atoms with E-state index in [2.05, 4.69) is 56.4 Å². The van der Waals surface area contributed by atoms with Crippen molar-refractivity contribution in [1.29, 1.82) is 0 Å². The van der Waals surface area contributed by atoms with Crippen LogP contribution < -0.4 is 0 Å². The van der Waals surface area contributed by atoms with Crippen LogP contribution >= 0.6 is 0 Å². The largest absolute Gasteiger partial charge is 0.0913 e. The van der Waals surface area contributed by atoms with Crippen LogP contribution in [0.1, 0.15) is 26.7 Å². The normalized spacial score (nSPS) is 17.8. The number of allylic oxidation sites excluding steroid dienone is 8. The summed E-state index contributed by atoms with van der Waals surface area (Å²) in [4.78, 5) is 0. The highest BCUT2D eigenvalue weighted by atomic mass is 14.1. The molecule has 0 aromatic heterocycles. The Kier molecular flexibility index (Phi) is 4.31. The standard InChI is InChI=1S/C13H18/c1-3-5-7-12(6-4-2)8-9-13-10-11-13/h3-6,8,10-11,13H,7,9H2,1-2H3. The van der Waals surface area contributed by atoms with E-state index in [1.165, 1.54) is 12.0 Å². The van der Waals surface area contributed by atoms with Crippen molar-refractivity contribution in [3.63, 3.8) is 0 Å². The Labute approximate surface area is 81.4 Å². The van der Waals surface area contributed by atoms with Crippen molar-refractivity contribution >= 4 is 0 Å². The Morgan fingerprint density at radius 3 is 2.54 bits per heavy atom. The first kappa shape index (κ1) is 10.0. The molecule has 1 rings (SSSR count). The third-order valence-corrected chi connectivity index (χ3v) is 2.09. The monoisotopic (exact) mass is 174 g/mol. The second-order valence-electron chi connectivity index (χ2n) is 3.34.